The highest BCUT2D eigenvalue weighted by molar-refractivity contribution is 5.34. The van der Waals surface area contributed by atoms with Gasteiger partial charge < -0.3 is 10.1 Å². The molecule has 4 heteroatoms. The minimum Gasteiger partial charge on any atom is -0.488 e. The van der Waals surface area contributed by atoms with E-state index >= 15 is 0 Å². The van der Waals surface area contributed by atoms with Gasteiger partial charge in [-0.1, -0.05) is 13.0 Å². The summed E-state index contributed by atoms with van der Waals surface area (Å²) in [6.45, 7) is 7.48. The van der Waals surface area contributed by atoms with Crippen LogP contribution in [0.1, 0.15) is 32.8 Å². The predicted molar refractivity (Wildman–Crippen MR) is 70.1 cm³/mol. The van der Waals surface area contributed by atoms with Crippen molar-refractivity contribution in [1.82, 2.24) is 10.6 Å². The highest BCUT2D eigenvalue weighted by atomic mass is 19.1. The van der Waals surface area contributed by atoms with E-state index in [0.29, 0.717) is 5.75 Å². The number of benzene rings is 1. The van der Waals surface area contributed by atoms with Crippen LogP contribution in [0.3, 0.4) is 0 Å². The lowest BCUT2D eigenvalue weighted by Gasteiger charge is -2.28. The minimum absolute atomic E-state index is 0.0169. The highest BCUT2D eigenvalue weighted by Crippen LogP contribution is 2.30. The molecule has 1 unspecified atom stereocenters. The monoisotopic (exact) mass is 252 g/mol. The largest absolute Gasteiger partial charge is 0.488 e. The van der Waals surface area contributed by atoms with Gasteiger partial charge in [0.1, 0.15) is 0 Å². The van der Waals surface area contributed by atoms with Gasteiger partial charge in [0, 0.05) is 13.2 Å². The highest BCUT2D eigenvalue weighted by Gasteiger charge is 2.33. The molecule has 0 saturated carbocycles. The Hall–Kier alpha value is -1.13. The Labute approximate surface area is 108 Å². The van der Waals surface area contributed by atoms with Crippen molar-refractivity contribution in [3.05, 3.63) is 29.6 Å². The third kappa shape index (κ3) is 2.49. The Kier molecular flexibility index (Phi) is 3.88. The first-order valence-corrected chi connectivity index (χ1v) is 6.50. The zero-order chi connectivity index (χ0) is 13.2. The molecule has 1 aliphatic heterocycles. The molecular formula is C14H21FN2O. The van der Waals surface area contributed by atoms with Gasteiger partial charge in [0.25, 0.3) is 0 Å². The van der Waals surface area contributed by atoms with Gasteiger partial charge in [-0.15, -0.1) is 0 Å². The maximum absolute atomic E-state index is 14.0. The molecule has 0 aromatic heterocycles. The van der Waals surface area contributed by atoms with Gasteiger partial charge in [0.05, 0.1) is 11.6 Å². The van der Waals surface area contributed by atoms with E-state index in [-0.39, 0.29) is 17.5 Å². The molecule has 2 N–H and O–H groups in total. The Morgan fingerprint density at radius 1 is 1.44 bits per heavy atom. The Bertz CT molecular complexity index is 414. The first kappa shape index (κ1) is 13.3. The summed E-state index contributed by atoms with van der Waals surface area (Å²) >= 11 is 0. The minimum atomic E-state index is -0.289. The molecule has 0 amide bonds. The summed E-state index contributed by atoms with van der Waals surface area (Å²) in [5.41, 5.74) is 0.820. The Morgan fingerprint density at radius 2 is 2.22 bits per heavy atom. The lowest BCUT2D eigenvalue weighted by molar-refractivity contribution is 0.230. The molecule has 1 atom stereocenters. The second-order valence-corrected chi connectivity index (χ2v) is 5.03. The second-order valence-electron chi connectivity index (χ2n) is 5.03. The van der Waals surface area contributed by atoms with E-state index in [4.69, 9.17) is 4.74 Å². The number of ether oxygens (including phenoxy) is 1. The van der Waals surface area contributed by atoms with Crippen LogP contribution in [0.25, 0.3) is 0 Å². The summed E-state index contributed by atoms with van der Waals surface area (Å²) in [4.78, 5) is 0. The molecule has 0 bridgehead atoms. The number of halogens is 1. The summed E-state index contributed by atoms with van der Waals surface area (Å²) in [5, 5.41) is 6.67. The maximum atomic E-state index is 14.0. The molecule has 0 aliphatic carbocycles. The van der Waals surface area contributed by atoms with Crippen molar-refractivity contribution in [2.24, 2.45) is 0 Å². The van der Waals surface area contributed by atoms with Gasteiger partial charge in [-0.05, 0) is 38.0 Å². The lowest BCUT2D eigenvalue weighted by atomic mass is 9.88. The number of hydrogen-bond donors (Lipinski definition) is 2. The van der Waals surface area contributed by atoms with Crippen molar-refractivity contribution in [2.45, 2.75) is 38.8 Å². The van der Waals surface area contributed by atoms with Crippen LogP contribution >= 0.6 is 0 Å². The van der Waals surface area contributed by atoms with Crippen molar-refractivity contribution in [3.63, 3.8) is 0 Å². The van der Waals surface area contributed by atoms with Crippen molar-refractivity contribution in [1.29, 1.82) is 0 Å². The summed E-state index contributed by atoms with van der Waals surface area (Å²) in [5.74, 6) is 0.0358. The van der Waals surface area contributed by atoms with Crippen molar-refractivity contribution in [2.75, 3.05) is 13.2 Å². The summed E-state index contributed by atoms with van der Waals surface area (Å²) in [6, 6.07) is 5.26. The molecule has 2 rings (SSSR count). The van der Waals surface area contributed by atoms with E-state index in [0.717, 1.165) is 25.2 Å². The zero-order valence-corrected chi connectivity index (χ0v) is 11.2. The molecule has 100 valence electrons. The molecule has 18 heavy (non-hydrogen) atoms. The second kappa shape index (κ2) is 5.24. The molecule has 1 heterocycles. The van der Waals surface area contributed by atoms with Gasteiger partial charge in [-0.2, -0.15) is 0 Å². The van der Waals surface area contributed by atoms with Crippen LogP contribution in [-0.2, 0) is 5.54 Å². The Balaban J connectivity index is 2.27. The topological polar surface area (TPSA) is 33.3 Å². The van der Waals surface area contributed by atoms with E-state index in [9.17, 15) is 4.39 Å². The maximum Gasteiger partial charge on any atom is 0.165 e. The smallest absolute Gasteiger partial charge is 0.165 e. The van der Waals surface area contributed by atoms with Crippen LogP contribution in [-0.4, -0.2) is 19.3 Å². The van der Waals surface area contributed by atoms with E-state index in [1.807, 2.05) is 19.9 Å². The molecule has 0 spiro atoms. The number of hydrogen-bond acceptors (Lipinski definition) is 3. The fraction of sp³-hybridized carbons (Fsp3) is 0.571. The van der Waals surface area contributed by atoms with Crippen LogP contribution in [0.15, 0.2) is 18.2 Å². The zero-order valence-electron chi connectivity index (χ0n) is 11.2. The third-order valence-electron chi connectivity index (χ3n) is 3.43. The fourth-order valence-corrected chi connectivity index (χ4v) is 2.38. The molecular weight excluding hydrogens is 231 g/mol. The SMILES string of the molecule is CCC1(c2ccc(OC(C)C)c(F)c2)CNCN1. The standard InChI is InChI=1S/C14H21FN2O/c1-4-14(8-16-9-17-14)11-5-6-13(12(15)7-11)18-10(2)3/h5-7,10,16-17H,4,8-9H2,1-3H3. The van der Waals surface area contributed by atoms with E-state index in [2.05, 4.69) is 17.6 Å². The average Bonchev–Trinajstić information content (AvgIpc) is 2.81. The summed E-state index contributed by atoms with van der Waals surface area (Å²) in [7, 11) is 0. The van der Waals surface area contributed by atoms with Gasteiger partial charge in [-0.3, -0.25) is 5.32 Å². The number of rotatable bonds is 4. The predicted octanol–water partition coefficient (Wildman–Crippen LogP) is 2.37. The lowest BCUT2D eigenvalue weighted by Crippen LogP contribution is -2.38. The third-order valence-corrected chi connectivity index (χ3v) is 3.43. The molecule has 1 aromatic rings. The molecule has 1 aromatic carbocycles. The molecule has 3 nitrogen and oxygen atoms in total. The van der Waals surface area contributed by atoms with Crippen LogP contribution in [0.5, 0.6) is 5.75 Å². The van der Waals surface area contributed by atoms with Crippen LogP contribution < -0.4 is 15.4 Å². The van der Waals surface area contributed by atoms with Crippen LogP contribution in [0.4, 0.5) is 4.39 Å². The normalized spacial score (nSPS) is 23.6. The van der Waals surface area contributed by atoms with Gasteiger partial charge in [-0.25, -0.2) is 4.39 Å². The van der Waals surface area contributed by atoms with Crippen LogP contribution in [0.2, 0.25) is 0 Å². The Morgan fingerprint density at radius 3 is 2.72 bits per heavy atom. The quantitative estimate of drug-likeness (QED) is 0.863. The van der Waals surface area contributed by atoms with Crippen LogP contribution in [0, 0.1) is 5.82 Å². The summed E-state index contributed by atoms with van der Waals surface area (Å²) < 4.78 is 19.4. The van der Waals surface area contributed by atoms with Crippen molar-refractivity contribution >= 4 is 0 Å². The van der Waals surface area contributed by atoms with Gasteiger partial charge >= 0.3 is 0 Å². The fourth-order valence-electron chi connectivity index (χ4n) is 2.38. The summed E-state index contributed by atoms with van der Waals surface area (Å²) in [6.07, 6.45) is 0.904. The molecule has 1 saturated heterocycles. The average molecular weight is 252 g/mol. The van der Waals surface area contributed by atoms with Gasteiger partial charge in [0.2, 0.25) is 0 Å². The van der Waals surface area contributed by atoms with E-state index in [1.165, 1.54) is 0 Å². The van der Waals surface area contributed by atoms with E-state index < -0.39 is 0 Å². The molecule has 1 aliphatic rings. The van der Waals surface area contributed by atoms with Crippen molar-refractivity contribution in [3.8, 4) is 5.75 Å². The first-order chi connectivity index (χ1) is 8.57. The molecule has 0 radical (unpaired) electrons. The molecule has 1 fully saturated rings. The first-order valence-electron chi connectivity index (χ1n) is 6.50. The van der Waals surface area contributed by atoms with Crippen molar-refractivity contribution < 1.29 is 9.13 Å². The number of nitrogens with one attached hydrogen (secondary N) is 2. The van der Waals surface area contributed by atoms with E-state index in [1.54, 1.807) is 12.1 Å². The van der Waals surface area contributed by atoms with Gasteiger partial charge in [0.15, 0.2) is 11.6 Å².